The zero-order valence-electron chi connectivity index (χ0n) is 13.0. The number of carbonyl (C=O) groups excluding carboxylic acids is 1. The van der Waals surface area contributed by atoms with Gasteiger partial charge in [0.15, 0.2) is 5.13 Å². The lowest BCUT2D eigenvalue weighted by atomic mass is 10.2. The third-order valence-corrected chi connectivity index (χ3v) is 4.28. The van der Waals surface area contributed by atoms with Crippen molar-refractivity contribution in [3.05, 3.63) is 60.2 Å². The van der Waals surface area contributed by atoms with Gasteiger partial charge in [-0.15, -0.1) is 0 Å². The van der Waals surface area contributed by atoms with Gasteiger partial charge in [-0.25, -0.2) is 4.98 Å². The minimum Gasteiger partial charge on any atom is -0.378 e. The maximum Gasteiger partial charge on any atom is 0.250 e. The lowest BCUT2D eigenvalue weighted by Gasteiger charge is -2.11. The second-order valence-corrected chi connectivity index (χ2v) is 6.33. The quantitative estimate of drug-likeness (QED) is 0.738. The van der Waals surface area contributed by atoms with Crippen LogP contribution in [0.15, 0.2) is 54.6 Å². The molecule has 5 heteroatoms. The minimum atomic E-state index is -0.180. The van der Waals surface area contributed by atoms with Crippen LogP contribution in [0.5, 0.6) is 0 Å². The van der Waals surface area contributed by atoms with Crippen LogP contribution >= 0.6 is 11.3 Å². The van der Waals surface area contributed by atoms with Crippen molar-refractivity contribution in [3.63, 3.8) is 0 Å². The number of fused-ring (bicyclic) bond motifs is 1. The Morgan fingerprint density at radius 3 is 2.70 bits per heavy atom. The van der Waals surface area contributed by atoms with E-state index in [4.69, 9.17) is 0 Å². The Morgan fingerprint density at radius 2 is 1.96 bits per heavy atom. The molecule has 23 heavy (non-hydrogen) atoms. The summed E-state index contributed by atoms with van der Waals surface area (Å²) in [6, 6.07) is 15.8. The third-order valence-electron chi connectivity index (χ3n) is 3.35. The molecular weight excluding hydrogens is 306 g/mol. The summed E-state index contributed by atoms with van der Waals surface area (Å²) in [7, 11) is 4.00. The van der Waals surface area contributed by atoms with E-state index >= 15 is 0 Å². The fraction of sp³-hybridized carbons (Fsp3) is 0.111. The summed E-state index contributed by atoms with van der Waals surface area (Å²) in [5, 5.41) is 3.43. The first-order valence-corrected chi connectivity index (χ1v) is 8.05. The normalized spacial score (nSPS) is 11.0. The van der Waals surface area contributed by atoms with E-state index in [1.807, 2.05) is 61.5 Å². The topological polar surface area (TPSA) is 45.2 Å². The molecule has 2 aromatic carbocycles. The Hall–Kier alpha value is -2.66. The Bertz CT molecular complexity index is 853. The van der Waals surface area contributed by atoms with Crippen LogP contribution in [0.1, 0.15) is 5.56 Å². The first-order chi connectivity index (χ1) is 11.1. The molecule has 0 saturated heterocycles. The molecule has 0 aliphatic rings. The number of rotatable bonds is 4. The van der Waals surface area contributed by atoms with Gasteiger partial charge in [0.05, 0.1) is 10.2 Å². The van der Waals surface area contributed by atoms with Crippen LogP contribution in [-0.2, 0) is 4.79 Å². The summed E-state index contributed by atoms with van der Waals surface area (Å²) < 4.78 is 1.05. The molecule has 0 unspecified atom stereocenters. The molecule has 1 N–H and O–H groups in total. The van der Waals surface area contributed by atoms with Crippen LogP contribution in [0.4, 0.5) is 10.8 Å². The molecule has 116 valence electrons. The van der Waals surface area contributed by atoms with Gasteiger partial charge in [0.2, 0.25) is 5.91 Å². The highest BCUT2D eigenvalue weighted by Crippen LogP contribution is 2.29. The van der Waals surface area contributed by atoms with Crippen molar-refractivity contribution in [2.45, 2.75) is 0 Å². The fourth-order valence-corrected chi connectivity index (χ4v) is 3.03. The minimum absolute atomic E-state index is 0.180. The van der Waals surface area contributed by atoms with E-state index in [0.717, 1.165) is 21.5 Å². The van der Waals surface area contributed by atoms with Crippen molar-refractivity contribution >= 4 is 44.4 Å². The molecule has 3 rings (SSSR count). The summed E-state index contributed by atoms with van der Waals surface area (Å²) in [6.45, 7) is 0. The predicted octanol–water partition coefficient (Wildman–Crippen LogP) is 4.01. The number of thiazole rings is 1. The SMILES string of the molecule is CN(C)c1ccc2nc(NC(=O)C=Cc3ccccc3)sc2c1. The van der Waals surface area contributed by atoms with Gasteiger partial charge in [-0.3, -0.25) is 10.1 Å². The number of carbonyl (C=O) groups is 1. The molecule has 1 aromatic heterocycles. The second kappa shape index (κ2) is 6.62. The van der Waals surface area contributed by atoms with Crippen LogP contribution in [0.3, 0.4) is 0 Å². The number of hydrogen-bond acceptors (Lipinski definition) is 4. The molecule has 4 nitrogen and oxygen atoms in total. The van der Waals surface area contributed by atoms with E-state index in [2.05, 4.69) is 16.4 Å². The van der Waals surface area contributed by atoms with Gasteiger partial charge < -0.3 is 4.90 Å². The average Bonchev–Trinajstić information content (AvgIpc) is 2.95. The van der Waals surface area contributed by atoms with E-state index in [9.17, 15) is 4.79 Å². The summed E-state index contributed by atoms with van der Waals surface area (Å²) in [4.78, 5) is 18.5. The Labute approximate surface area is 139 Å². The molecule has 0 aliphatic heterocycles. The van der Waals surface area contributed by atoms with Gasteiger partial charge in [-0.2, -0.15) is 0 Å². The van der Waals surface area contributed by atoms with E-state index in [-0.39, 0.29) is 5.91 Å². The molecule has 0 bridgehead atoms. The number of nitrogens with zero attached hydrogens (tertiary/aromatic N) is 2. The Morgan fingerprint density at radius 1 is 1.17 bits per heavy atom. The molecule has 0 saturated carbocycles. The summed E-state index contributed by atoms with van der Waals surface area (Å²) in [6.07, 6.45) is 3.31. The molecule has 3 aromatic rings. The summed E-state index contributed by atoms with van der Waals surface area (Å²) >= 11 is 1.48. The van der Waals surface area contributed by atoms with E-state index < -0.39 is 0 Å². The molecule has 0 fully saturated rings. The predicted molar refractivity (Wildman–Crippen MR) is 98.1 cm³/mol. The van der Waals surface area contributed by atoms with Crippen LogP contribution in [0, 0.1) is 0 Å². The Kier molecular flexibility index (Phi) is 4.39. The smallest absolute Gasteiger partial charge is 0.250 e. The van der Waals surface area contributed by atoms with Crippen molar-refractivity contribution in [2.75, 3.05) is 24.3 Å². The van der Waals surface area contributed by atoms with Crippen LogP contribution in [0.25, 0.3) is 16.3 Å². The summed E-state index contributed by atoms with van der Waals surface area (Å²) in [5.41, 5.74) is 2.99. The Balaban J connectivity index is 1.73. The van der Waals surface area contributed by atoms with Gasteiger partial charge in [0.1, 0.15) is 0 Å². The maximum absolute atomic E-state index is 12.0. The highest BCUT2D eigenvalue weighted by molar-refractivity contribution is 7.22. The van der Waals surface area contributed by atoms with Crippen molar-refractivity contribution in [2.24, 2.45) is 0 Å². The average molecular weight is 323 g/mol. The number of aromatic nitrogens is 1. The van der Waals surface area contributed by atoms with Crippen LogP contribution in [0.2, 0.25) is 0 Å². The van der Waals surface area contributed by atoms with Gasteiger partial charge in [0, 0.05) is 25.9 Å². The van der Waals surface area contributed by atoms with E-state index in [1.54, 1.807) is 6.08 Å². The van der Waals surface area contributed by atoms with E-state index in [0.29, 0.717) is 5.13 Å². The molecule has 0 aliphatic carbocycles. The zero-order chi connectivity index (χ0) is 16.2. The second-order valence-electron chi connectivity index (χ2n) is 5.30. The standard InChI is InChI=1S/C18H17N3OS/c1-21(2)14-9-10-15-16(12-14)23-18(19-15)20-17(22)11-8-13-6-4-3-5-7-13/h3-12H,1-2H3,(H,19,20,22). The van der Waals surface area contributed by atoms with Gasteiger partial charge in [0.25, 0.3) is 0 Å². The maximum atomic E-state index is 12.0. The number of hydrogen-bond donors (Lipinski definition) is 1. The number of amides is 1. The first kappa shape index (κ1) is 15.2. The molecule has 0 radical (unpaired) electrons. The van der Waals surface area contributed by atoms with Gasteiger partial charge in [-0.1, -0.05) is 41.7 Å². The van der Waals surface area contributed by atoms with Gasteiger partial charge in [-0.05, 0) is 29.8 Å². The van der Waals surface area contributed by atoms with E-state index in [1.165, 1.54) is 17.4 Å². The highest BCUT2D eigenvalue weighted by atomic mass is 32.1. The monoisotopic (exact) mass is 323 g/mol. The van der Waals surface area contributed by atoms with Crippen molar-refractivity contribution < 1.29 is 4.79 Å². The number of benzene rings is 2. The van der Waals surface area contributed by atoms with Gasteiger partial charge >= 0.3 is 0 Å². The van der Waals surface area contributed by atoms with Crippen molar-refractivity contribution in [1.29, 1.82) is 0 Å². The first-order valence-electron chi connectivity index (χ1n) is 7.24. The zero-order valence-corrected chi connectivity index (χ0v) is 13.8. The van der Waals surface area contributed by atoms with Crippen molar-refractivity contribution in [3.8, 4) is 0 Å². The number of nitrogens with one attached hydrogen (secondary N) is 1. The molecule has 0 spiro atoms. The van der Waals surface area contributed by atoms with Crippen molar-refractivity contribution in [1.82, 2.24) is 4.98 Å². The third kappa shape index (κ3) is 3.76. The largest absolute Gasteiger partial charge is 0.378 e. The lowest BCUT2D eigenvalue weighted by Crippen LogP contribution is -2.07. The molecule has 1 amide bonds. The molecule has 1 heterocycles. The summed E-state index contributed by atoms with van der Waals surface area (Å²) in [5.74, 6) is -0.180. The molecule has 0 atom stereocenters. The van der Waals surface area contributed by atoms with Crippen LogP contribution in [-0.4, -0.2) is 25.0 Å². The lowest BCUT2D eigenvalue weighted by molar-refractivity contribution is -0.111. The fourth-order valence-electron chi connectivity index (χ4n) is 2.13. The number of anilines is 2. The highest BCUT2D eigenvalue weighted by Gasteiger charge is 2.07. The molecular formula is C18H17N3OS. The van der Waals surface area contributed by atoms with Crippen LogP contribution < -0.4 is 10.2 Å².